The fourth-order valence-corrected chi connectivity index (χ4v) is 2.31. The second kappa shape index (κ2) is 7.50. The predicted octanol–water partition coefficient (Wildman–Crippen LogP) is 2.17. The third-order valence-electron chi connectivity index (χ3n) is 2.86. The van der Waals surface area contributed by atoms with Gasteiger partial charge in [-0.15, -0.1) is 0 Å². The minimum Gasteiger partial charge on any atom is -0.492 e. The number of sulfone groups is 1. The Bertz CT molecular complexity index is 485. The van der Waals surface area contributed by atoms with Gasteiger partial charge in [-0.05, 0) is 19.0 Å². The fraction of sp³-hybridized carbons (Fsp3) is 0.571. The number of para-hydroxylation sites is 1. The third-order valence-corrected chi connectivity index (χ3v) is 3.77. The van der Waals surface area contributed by atoms with E-state index in [9.17, 15) is 8.42 Å². The van der Waals surface area contributed by atoms with Crippen LogP contribution >= 0.6 is 0 Å². The van der Waals surface area contributed by atoms with E-state index in [0.29, 0.717) is 0 Å². The van der Waals surface area contributed by atoms with Crippen molar-refractivity contribution in [1.29, 1.82) is 0 Å². The first kappa shape index (κ1) is 16.0. The van der Waals surface area contributed by atoms with Gasteiger partial charge in [-0.1, -0.05) is 32.0 Å². The topological polar surface area (TPSA) is 55.4 Å². The van der Waals surface area contributed by atoms with Crippen LogP contribution in [0.4, 0.5) is 0 Å². The van der Waals surface area contributed by atoms with Gasteiger partial charge in [0.15, 0.2) is 9.84 Å². The van der Waals surface area contributed by atoms with Crippen molar-refractivity contribution in [1.82, 2.24) is 5.32 Å². The van der Waals surface area contributed by atoms with Crippen LogP contribution in [0.3, 0.4) is 0 Å². The molecule has 0 aliphatic carbocycles. The first-order valence-corrected chi connectivity index (χ1v) is 8.66. The van der Waals surface area contributed by atoms with Crippen LogP contribution in [0.1, 0.15) is 31.9 Å². The maximum Gasteiger partial charge on any atom is 0.150 e. The lowest BCUT2D eigenvalue weighted by molar-refractivity contribution is 0.331. The van der Waals surface area contributed by atoms with Gasteiger partial charge in [-0.3, -0.25) is 0 Å². The summed E-state index contributed by atoms with van der Waals surface area (Å²) >= 11 is 0. The molecule has 0 aliphatic heterocycles. The molecular weight excluding hydrogens is 262 g/mol. The second-order valence-corrected chi connectivity index (χ2v) is 6.79. The number of nitrogens with one attached hydrogen (secondary N) is 1. The molecule has 0 amide bonds. The minimum atomic E-state index is -2.98. The van der Waals surface area contributed by atoms with E-state index in [4.69, 9.17) is 4.74 Å². The molecule has 0 radical (unpaired) electrons. The molecule has 0 bridgehead atoms. The smallest absolute Gasteiger partial charge is 0.150 e. The van der Waals surface area contributed by atoms with Crippen molar-refractivity contribution >= 4 is 9.84 Å². The van der Waals surface area contributed by atoms with Crippen molar-refractivity contribution < 1.29 is 13.2 Å². The van der Waals surface area contributed by atoms with Crippen molar-refractivity contribution in [2.45, 2.75) is 26.3 Å². The Hall–Kier alpha value is -1.07. The lowest BCUT2D eigenvalue weighted by Crippen LogP contribution is -2.21. The van der Waals surface area contributed by atoms with Gasteiger partial charge in [0.2, 0.25) is 0 Å². The van der Waals surface area contributed by atoms with Crippen molar-refractivity contribution in [2.24, 2.45) is 0 Å². The zero-order chi connectivity index (χ0) is 14.3. The Morgan fingerprint density at radius 1 is 1.26 bits per heavy atom. The molecule has 0 saturated heterocycles. The summed E-state index contributed by atoms with van der Waals surface area (Å²) in [6.45, 7) is 5.25. The highest BCUT2D eigenvalue weighted by molar-refractivity contribution is 7.90. The normalized spacial score (nSPS) is 13.2. The Labute approximate surface area is 116 Å². The Morgan fingerprint density at radius 2 is 1.95 bits per heavy atom. The van der Waals surface area contributed by atoms with Crippen LogP contribution in [0.2, 0.25) is 0 Å². The van der Waals surface area contributed by atoms with Crippen LogP contribution in [0.5, 0.6) is 5.75 Å². The molecule has 0 fully saturated rings. The molecule has 19 heavy (non-hydrogen) atoms. The Balaban J connectivity index is 2.77. The second-order valence-electron chi connectivity index (χ2n) is 4.53. The van der Waals surface area contributed by atoms with Gasteiger partial charge in [0.25, 0.3) is 0 Å². The number of hydrogen-bond acceptors (Lipinski definition) is 4. The number of ether oxygens (including phenoxy) is 1. The molecule has 1 atom stereocenters. The average molecular weight is 285 g/mol. The van der Waals surface area contributed by atoms with E-state index in [1.165, 1.54) is 6.26 Å². The first-order valence-electron chi connectivity index (χ1n) is 6.60. The number of hydrogen-bond donors (Lipinski definition) is 1. The molecule has 0 saturated carbocycles. The summed E-state index contributed by atoms with van der Waals surface area (Å²) in [4.78, 5) is 0. The van der Waals surface area contributed by atoms with Crippen LogP contribution < -0.4 is 10.1 Å². The molecule has 0 spiro atoms. The van der Waals surface area contributed by atoms with E-state index in [2.05, 4.69) is 19.2 Å². The predicted molar refractivity (Wildman–Crippen MR) is 78.4 cm³/mol. The molecule has 1 aromatic rings. The van der Waals surface area contributed by atoms with E-state index in [0.717, 1.165) is 24.3 Å². The highest BCUT2D eigenvalue weighted by Crippen LogP contribution is 2.27. The van der Waals surface area contributed by atoms with E-state index in [-0.39, 0.29) is 18.4 Å². The summed E-state index contributed by atoms with van der Waals surface area (Å²) in [5.74, 6) is 0.804. The van der Waals surface area contributed by atoms with Crippen LogP contribution in [-0.2, 0) is 9.84 Å². The Kier molecular flexibility index (Phi) is 6.31. The van der Waals surface area contributed by atoms with Crippen molar-refractivity contribution in [3.63, 3.8) is 0 Å². The molecule has 0 aliphatic rings. The molecule has 4 nitrogen and oxygen atoms in total. The zero-order valence-corrected chi connectivity index (χ0v) is 12.7. The lowest BCUT2D eigenvalue weighted by atomic mass is 10.0. The fourth-order valence-electron chi connectivity index (χ4n) is 1.92. The first-order chi connectivity index (χ1) is 8.98. The highest BCUT2D eigenvalue weighted by Gasteiger charge is 2.13. The van der Waals surface area contributed by atoms with Crippen molar-refractivity contribution in [2.75, 3.05) is 25.2 Å². The molecule has 1 rings (SSSR count). The molecule has 0 aromatic heterocycles. The van der Waals surface area contributed by atoms with Crippen molar-refractivity contribution in [3.8, 4) is 5.75 Å². The summed E-state index contributed by atoms with van der Waals surface area (Å²) in [7, 11) is -2.98. The quantitative estimate of drug-likeness (QED) is 0.795. The lowest BCUT2D eigenvalue weighted by Gasteiger charge is -2.20. The van der Waals surface area contributed by atoms with E-state index < -0.39 is 9.84 Å². The maximum atomic E-state index is 11.1. The highest BCUT2D eigenvalue weighted by atomic mass is 32.2. The van der Waals surface area contributed by atoms with Gasteiger partial charge < -0.3 is 10.1 Å². The van der Waals surface area contributed by atoms with Gasteiger partial charge in [-0.2, -0.15) is 0 Å². The van der Waals surface area contributed by atoms with Crippen LogP contribution in [0, 0.1) is 0 Å². The summed E-state index contributed by atoms with van der Waals surface area (Å²) < 4.78 is 27.8. The summed E-state index contributed by atoms with van der Waals surface area (Å²) in [5.41, 5.74) is 1.08. The molecule has 0 heterocycles. The van der Waals surface area contributed by atoms with E-state index in [1.807, 2.05) is 24.3 Å². The molecule has 5 heteroatoms. The molecule has 1 N–H and O–H groups in total. The standard InChI is InChI=1S/C14H23NO3S/c1-4-13(15-5-2)12-8-6-7-9-14(12)18-10-11-19(3,16)17/h6-9,13,15H,4-5,10-11H2,1-3H3. The summed E-state index contributed by atoms with van der Waals surface area (Å²) in [5, 5.41) is 3.40. The maximum absolute atomic E-state index is 11.1. The zero-order valence-electron chi connectivity index (χ0n) is 11.8. The van der Waals surface area contributed by atoms with Crippen LogP contribution in [0.25, 0.3) is 0 Å². The minimum absolute atomic E-state index is 0.0410. The van der Waals surface area contributed by atoms with Gasteiger partial charge in [0.05, 0.1) is 5.75 Å². The molecule has 1 unspecified atom stereocenters. The molecule has 108 valence electrons. The monoisotopic (exact) mass is 285 g/mol. The number of benzene rings is 1. The summed E-state index contributed by atoms with van der Waals surface area (Å²) in [6, 6.07) is 8.01. The van der Waals surface area contributed by atoms with Crippen LogP contribution in [0.15, 0.2) is 24.3 Å². The average Bonchev–Trinajstić information content (AvgIpc) is 2.35. The number of rotatable bonds is 8. The van der Waals surface area contributed by atoms with Gasteiger partial charge in [0, 0.05) is 17.9 Å². The molecule has 1 aromatic carbocycles. The van der Waals surface area contributed by atoms with E-state index >= 15 is 0 Å². The molecular formula is C14H23NO3S. The largest absolute Gasteiger partial charge is 0.492 e. The van der Waals surface area contributed by atoms with Crippen molar-refractivity contribution in [3.05, 3.63) is 29.8 Å². The van der Waals surface area contributed by atoms with Gasteiger partial charge in [-0.25, -0.2) is 8.42 Å². The Morgan fingerprint density at radius 3 is 2.53 bits per heavy atom. The third kappa shape index (κ3) is 5.61. The van der Waals surface area contributed by atoms with E-state index in [1.54, 1.807) is 0 Å². The van der Waals surface area contributed by atoms with Gasteiger partial charge >= 0.3 is 0 Å². The summed E-state index contributed by atoms with van der Waals surface area (Å²) in [6.07, 6.45) is 2.18. The van der Waals surface area contributed by atoms with Gasteiger partial charge in [0.1, 0.15) is 12.4 Å². The van der Waals surface area contributed by atoms with Crippen LogP contribution in [-0.4, -0.2) is 33.6 Å². The SMILES string of the molecule is CCNC(CC)c1ccccc1OCCS(C)(=O)=O.